The van der Waals surface area contributed by atoms with Crippen molar-refractivity contribution in [2.24, 2.45) is 5.73 Å². The third-order valence-electron chi connectivity index (χ3n) is 3.02. The van der Waals surface area contributed by atoms with Gasteiger partial charge in [-0.1, -0.05) is 19.1 Å². The van der Waals surface area contributed by atoms with Crippen molar-refractivity contribution < 1.29 is 0 Å². The van der Waals surface area contributed by atoms with Crippen LogP contribution in [0.15, 0.2) is 18.5 Å². The molecule has 5 nitrogen and oxygen atoms in total. The van der Waals surface area contributed by atoms with Gasteiger partial charge in [-0.05, 0) is 31.4 Å². The molecule has 2 heterocycles. The fraction of sp³-hybridized carbons (Fsp3) is 0.462. The summed E-state index contributed by atoms with van der Waals surface area (Å²) in [6, 6.07) is 1.99. The molecule has 2 aromatic heterocycles. The summed E-state index contributed by atoms with van der Waals surface area (Å²) in [7, 11) is 0. The average Bonchev–Trinajstić information content (AvgIpc) is 2.81. The van der Waals surface area contributed by atoms with Gasteiger partial charge in [0.1, 0.15) is 5.69 Å². The topological polar surface area (TPSA) is 69.6 Å². The Labute approximate surface area is 107 Å². The van der Waals surface area contributed by atoms with E-state index in [2.05, 4.69) is 29.1 Å². The molecule has 0 aromatic carbocycles. The molecule has 0 saturated carbocycles. The molecule has 96 valence electrons. The highest BCUT2D eigenvalue weighted by Gasteiger charge is 2.17. The molecule has 0 fully saturated rings. The van der Waals surface area contributed by atoms with Gasteiger partial charge in [0, 0.05) is 6.20 Å². The molecule has 1 unspecified atom stereocenters. The van der Waals surface area contributed by atoms with E-state index in [1.807, 2.05) is 23.9 Å². The molecule has 0 aliphatic rings. The fourth-order valence-electron chi connectivity index (χ4n) is 1.99. The molecule has 1 atom stereocenters. The maximum absolute atomic E-state index is 6.06. The van der Waals surface area contributed by atoms with Gasteiger partial charge in [-0.2, -0.15) is 0 Å². The molecule has 0 bridgehead atoms. The molecule has 2 rings (SSSR count). The minimum atomic E-state index is -0.0496. The van der Waals surface area contributed by atoms with Crippen molar-refractivity contribution in [1.82, 2.24) is 20.0 Å². The van der Waals surface area contributed by atoms with Gasteiger partial charge >= 0.3 is 0 Å². The second kappa shape index (κ2) is 5.27. The van der Waals surface area contributed by atoms with Crippen LogP contribution in [-0.4, -0.2) is 20.0 Å². The number of hydrogen-bond donors (Lipinski definition) is 1. The Morgan fingerprint density at radius 3 is 2.72 bits per heavy atom. The zero-order valence-corrected chi connectivity index (χ0v) is 11.1. The van der Waals surface area contributed by atoms with Gasteiger partial charge in [-0.3, -0.25) is 4.98 Å². The van der Waals surface area contributed by atoms with Crippen LogP contribution in [0.3, 0.4) is 0 Å². The van der Waals surface area contributed by atoms with E-state index in [9.17, 15) is 0 Å². The summed E-state index contributed by atoms with van der Waals surface area (Å²) in [5.74, 6) is 0. The quantitative estimate of drug-likeness (QED) is 0.893. The predicted molar refractivity (Wildman–Crippen MR) is 70.5 cm³/mol. The Bertz CT molecular complexity index is 532. The van der Waals surface area contributed by atoms with Crippen molar-refractivity contribution in [2.75, 3.05) is 0 Å². The minimum Gasteiger partial charge on any atom is -0.323 e. The van der Waals surface area contributed by atoms with Crippen LogP contribution in [0.25, 0.3) is 5.69 Å². The maximum atomic E-state index is 6.06. The molecule has 2 N–H and O–H groups in total. The van der Waals surface area contributed by atoms with Crippen LogP contribution in [0.4, 0.5) is 0 Å². The summed E-state index contributed by atoms with van der Waals surface area (Å²) in [6.07, 6.45) is 5.33. The summed E-state index contributed by atoms with van der Waals surface area (Å²) >= 11 is 0. The fourth-order valence-corrected chi connectivity index (χ4v) is 1.99. The van der Waals surface area contributed by atoms with Gasteiger partial charge in [0.25, 0.3) is 0 Å². The Hall–Kier alpha value is -1.75. The summed E-state index contributed by atoms with van der Waals surface area (Å²) in [6.45, 7) is 6.15. The van der Waals surface area contributed by atoms with E-state index in [-0.39, 0.29) is 6.04 Å². The average molecular weight is 245 g/mol. The van der Waals surface area contributed by atoms with Gasteiger partial charge in [-0.25, -0.2) is 4.68 Å². The van der Waals surface area contributed by atoms with E-state index < -0.39 is 0 Å². The van der Waals surface area contributed by atoms with Crippen molar-refractivity contribution in [3.05, 3.63) is 35.4 Å². The molecule has 18 heavy (non-hydrogen) atoms. The highest BCUT2D eigenvalue weighted by Crippen LogP contribution is 2.19. The molecular weight excluding hydrogens is 226 g/mol. The molecule has 0 radical (unpaired) electrons. The van der Waals surface area contributed by atoms with Crippen molar-refractivity contribution in [3.8, 4) is 5.69 Å². The number of pyridine rings is 1. The van der Waals surface area contributed by atoms with Gasteiger partial charge in [0.05, 0.1) is 23.6 Å². The van der Waals surface area contributed by atoms with Crippen molar-refractivity contribution in [3.63, 3.8) is 0 Å². The Morgan fingerprint density at radius 1 is 1.33 bits per heavy atom. The standard InChI is InChI=1S/C13H19N5/c1-4-11(14)13-12(5-2)18(17-16-13)10-6-9(3)7-15-8-10/h6-8,11H,4-5,14H2,1-3H3. The summed E-state index contributed by atoms with van der Waals surface area (Å²) in [5.41, 5.74) is 10.1. The second-order valence-electron chi connectivity index (χ2n) is 4.42. The highest BCUT2D eigenvalue weighted by molar-refractivity contribution is 5.34. The van der Waals surface area contributed by atoms with Crippen molar-refractivity contribution in [1.29, 1.82) is 0 Å². The first-order chi connectivity index (χ1) is 8.67. The van der Waals surface area contributed by atoms with Crippen LogP contribution >= 0.6 is 0 Å². The largest absolute Gasteiger partial charge is 0.323 e. The summed E-state index contributed by atoms with van der Waals surface area (Å²) in [4.78, 5) is 4.19. The first kappa shape index (κ1) is 12.7. The van der Waals surface area contributed by atoms with Crippen molar-refractivity contribution in [2.45, 2.75) is 39.7 Å². The lowest BCUT2D eigenvalue weighted by Gasteiger charge is -2.09. The van der Waals surface area contributed by atoms with E-state index >= 15 is 0 Å². The van der Waals surface area contributed by atoms with Gasteiger partial charge < -0.3 is 5.73 Å². The zero-order chi connectivity index (χ0) is 13.1. The third kappa shape index (κ3) is 2.26. The first-order valence-electron chi connectivity index (χ1n) is 6.29. The van der Waals surface area contributed by atoms with Crippen LogP contribution in [0.2, 0.25) is 0 Å². The van der Waals surface area contributed by atoms with Crippen LogP contribution < -0.4 is 5.73 Å². The molecule has 2 aromatic rings. The summed E-state index contributed by atoms with van der Waals surface area (Å²) < 4.78 is 1.84. The predicted octanol–water partition coefficient (Wildman–Crippen LogP) is 1.94. The lowest BCUT2D eigenvalue weighted by atomic mass is 10.1. The van der Waals surface area contributed by atoms with E-state index in [0.717, 1.165) is 35.5 Å². The van der Waals surface area contributed by atoms with Crippen LogP contribution in [0, 0.1) is 6.92 Å². The third-order valence-corrected chi connectivity index (χ3v) is 3.02. The van der Waals surface area contributed by atoms with Gasteiger partial charge in [-0.15, -0.1) is 5.10 Å². The molecule has 0 aliphatic carbocycles. The molecule has 0 amide bonds. The maximum Gasteiger partial charge on any atom is 0.103 e. The zero-order valence-electron chi connectivity index (χ0n) is 11.1. The molecular formula is C13H19N5. The molecule has 0 saturated heterocycles. The van der Waals surface area contributed by atoms with Crippen molar-refractivity contribution >= 4 is 0 Å². The first-order valence-corrected chi connectivity index (χ1v) is 6.29. The monoisotopic (exact) mass is 245 g/mol. The van der Waals surface area contributed by atoms with Gasteiger partial charge in [0.15, 0.2) is 0 Å². The number of nitrogens with two attached hydrogens (primary N) is 1. The molecule has 0 spiro atoms. The van der Waals surface area contributed by atoms with Crippen LogP contribution in [0.1, 0.15) is 43.3 Å². The Balaban J connectivity index is 2.49. The minimum absolute atomic E-state index is 0.0496. The van der Waals surface area contributed by atoms with E-state index in [4.69, 9.17) is 5.73 Å². The van der Waals surface area contributed by atoms with E-state index in [1.54, 1.807) is 6.20 Å². The number of aromatic nitrogens is 4. The number of rotatable bonds is 4. The van der Waals surface area contributed by atoms with Gasteiger partial charge in [0.2, 0.25) is 0 Å². The van der Waals surface area contributed by atoms with E-state index in [1.165, 1.54) is 0 Å². The molecule has 0 aliphatic heterocycles. The van der Waals surface area contributed by atoms with Crippen LogP contribution in [0.5, 0.6) is 0 Å². The lowest BCUT2D eigenvalue weighted by molar-refractivity contribution is 0.665. The SMILES string of the molecule is CCc1c(C(N)CC)nnn1-c1cncc(C)c1. The normalized spacial score (nSPS) is 12.7. The van der Waals surface area contributed by atoms with E-state index in [0.29, 0.717) is 0 Å². The number of nitrogens with zero attached hydrogens (tertiary/aromatic N) is 4. The number of aryl methyl sites for hydroxylation is 1. The second-order valence-corrected chi connectivity index (χ2v) is 4.42. The molecule has 5 heteroatoms. The lowest BCUT2D eigenvalue weighted by Crippen LogP contribution is -2.12. The number of hydrogen-bond acceptors (Lipinski definition) is 4. The summed E-state index contributed by atoms with van der Waals surface area (Å²) in [5, 5.41) is 8.44. The Kier molecular flexibility index (Phi) is 3.72. The Morgan fingerprint density at radius 2 is 2.11 bits per heavy atom. The highest BCUT2D eigenvalue weighted by atomic mass is 15.4. The van der Waals surface area contributed by atoms with Crippen LogP contribution in [-0.2, 0) is 6.42 Å². The smallest absolute Gasteiger partial charge is 0.103 e.